The van der Waals surface area contributed by atoms with Crippen LogP contribution in [0, 0.1) is 6.92 Å². The van der Waals surface area contributed by atoms with Gasteiger partial charge in [0.15, 0.2) is 0 Å². The number of imidazole rings is 1. The highest BCUT2D eigenvalue weighted by atomic mass is 16.3. The van der Waals surface area contributed by atoms with Crippen LogP contribution in [-0.2, 0) is 13.0 Å². The number of hydrogen-bond donors (Lipinski definition) is 2. The topological polar surface area (TPSA) is 53.9 Å². The largest absolute Gasteiger partial charge is 0.469 e. The molecule has 0 spiro atoms. The summed E-state index contributed by atoms with van der Waals surface area (Å²) in [6.45, 7) is 4.98. The second-order valence-electron chi connectivity index (χ2n) is 4.39. The summed E-state index contributed by atoms with van der Waals surface area (Å²) in [5.41, 5.74) is 1.13. The molecule has 4 nitrogen and oxygen atoms in total. The predicted molar refractivity (Wildman–Crippen MR) is 66.7 cm³/mol. The number of rotatable bonds is 6. The van der Waals surface area contributed by atoms with Crippen molar-refractivity contribution in [2.75, 3.05) is 0 Å². The van der Waals surface area contributed by atoms with Gasteiger partial charge in [0, 0.05) is 30.9 Å². The van der Waals surface area contributed by atoms with E-state index in [1.165, 1.54) is 0 Å². The Morgan fingerprint density at radius 3 is 3.06 bits per heavy atom. The highest BCUT2D eigenvalue weighted by molar-refractivity contribution is 5.00. The fourth-order valence-electron chi connectivity index (χ4n) is 1.76. The number of aryl methyl sites for hydroxylation is 2. The van der Waals surface area contributed by atoms with Crippen molar-refractivity contribution in [3.8, 4) is 0 Å². The summed E-state index contributed by atoms with van der Waals surface area (Å²) in [7, 11) is 0. The molecule has 2 N–H and O–H groups in total. The van der Waals surface area contributed by atoms with Crippen molar-refractivity contribution in [1.29, 1.82) is 0 Å². The Bertz CT molecular complexity index is 433. The number of nitrogens with zero attached hydrogens (tertiary/aromatic N) is 1. The van der Waals surface area contributed by atoms with Crippen molar-refractivity contribution < 1.29 is 4.42 Å². The zero-order valence-electron chi connectivity index (χ0n) is 10.4. The molecule has 0 aliphatic heterocycles. The number of hydrogen-bond acceptors (Lipinski definition) is 3. The maximum absolute atomic E-state index is 5.31. The number of furan rings is 1. The Labute approximate surface area is 101 Å². The maximum atomic E-state index is 5.31. The molecule has 2 rings (SSSR count). The summed E-state index contributed by atoms with van der Waals surface area (Å²) in [4.78, 5) is 7.38. The van der Waals surface area contributed by atoms with Crippen LogP contribution >= 0.6 is 0 Å². The molecule has 0 aliphatic rings. The van der Waals surface area contributed by atoms with E-state index in [0.717, 1.165) is 36.7 Å². The summed E-state index contributed by atoms with van der Waals surface area (Å²) in [5, 5.41) is 3.46. The van der Waals surface area contributed by atoms with E-state index in [-0.39, 0.29) is 0 Å². The van der Waals surface area contributed by atoms with Crippen molar-refractivity contribution in [3.63, 3.8) is 0 Å². The maximum Gasteiger partial charge on any atom is 0.103 e. The van der Waals surface area contributed by atoms with Gasteiger partial charge < -0.3 is 14.7 Å². The van der Waals surface area contributed by atoms with Crippen LogP contribution < -0.4 is 5.32 Å². The molecule has 4 heteroatoms. The minimum Gasteiger partial charge on any atom is -0.469 e. The van der Waals surface area contributed by atoms with Gasteiger partial charge in [-0.3, -0.25) is 0 Å². The fraction of sp³-hybridized carbons (Fsp3) is 0.462. The second-order valence-corrected chi connectivity index (χ2v) is 4.39. The molecule has 0 saturated carbocycles. The summed E-state index contributed by atoms with van der Waals surface area (Å²) >= 11 is 0. The lowest BCUT2D eigenvalue weighted by atomic mass is 10.1. The highest BCUT2D eigenvalue weighted by Crippen LogP contribution is 2.06. The standard InChI is InChI=1S/C13H19N3O/c1-10(5-6-13-4-3-7-17-13)14-8-12-9-15-11(2)16-12/h3-4,7,9-10,14H,5-6,8H2,1-2H3,(H,15,16). The third-order valence-corrected chi connectivity index (χ3v) is 2.80. The summed E-state index contributed by atoms with van der Waals surface area (Å²) in [5.74, 6) is 2.01. The van der Waals surface area contributed by atoms with Gasteiger partial charge in [-0.1, -0.05) is 0 Å². The van der Waals surface area contributed by atoms with Crippen molar-refractivity contribution in [3.05, 3.63) is 41.9 Å². The van der Waals surface area contributed by atoms with E-state index in [0.29, 0.717) is 6.04 Å². The highest BCUT2D eigenvalue weighted by Gasteiger charge is 2.04. The van der Waals surface area contributed by atoms with Gasteiger partial charge in [0.2, 0.25) is 0 Å². The fourth-order valence-corrected chi connectivity index (χ4v) is 1.76. The molecule has 0 saturated heterocycles. The first kappa shape index (κ1) is 11.9. The Hall–Kier alpha value is -1.55. The van der Waals surface area contributed by atoms with E-state index in [1.807, 2.05) is 25.3 Å². The van der Waals surface area contributed by atoms with Gasteiger partial charge in [-0.25, -0.2) is 4.98 Å². The van der Waals surface area contributed by atoms with Crippen molar-refractivity contribution in [2.45, 2.75) is 39.3 Å². The van der Waals surface area contributed by atoms with E-state index in [4.69, 9.17) is 4.42 Å². The first-order valence-electron chi connectivity index (χ1n) is 6.00. The zero-order valence-corrected chi connectivity index (χ0v) is 10.4. The molecule has 1 unspecified atom stereocenters. The molecule has 92 valence electrons. The molecular formula is C13H19N3O. The van der Waals surface area contributed by atoms with Crippen LogP contribution in [-0.4, -0.2) is 16.0 Å². The molecule has 0 aliphatic carbocycles. The smallest absolute Gasteiger partial charge is 0.103 e. The molecular weight excluding hydrogens is 214 g/mol. The zero-order chi connectivity index (χ0) is 12.1. The molecule has 2 aromatic heterocycles. The SMILES string of the molecule is Cc1ncc(CNC(C)CCc2ccco2)[nH]1. The van der Waals surface area contributed by atoms with Crippen LogP contribution in [0.15, 0.2) is 29.0 Å². The van der Waals surface area contributed by atoms with E-state index in [2.05, 4.69) is 22.2 Å². The van der Waals surface area contributed by atoms with Crippen molar-refractivity contribution in [2.24, 2.45) is 0 Å². The molecule has 1 atom stereocenters. The number of aromatic nitrogens is 2. The molecule has 2 heterocycles. The lowest BCUT2D eigenvalue weighted by Gasteiger charge is -2.11. The summed E-state index contributed by atoms with van der Waals surface area (Å²) in [6, 6.07) is 4.41. The van der Waals surface area contributed by atoms with E-state index in [9.17, 15) is 0 Å². The van der Waals surface area contributed by atoms with E-state index >= 15 is 0 Å². The van der Waals surface area contributed by atoms with Crippen LogP contribution in [0.1, 0.15) is 30.6 Å². The summed E-state index contributed by atoms with van der Waals surface area (Å²) < 4.78 is 5.31. The van der Waals surface area contributed by atoms with Gasteiger partial charge in [-0.15, -0.1) is 0 Å². The van der Waals surface area contributed by atoms with Gasteiger partial charge in [0.05, 0.1) is 6.26 Å². The van der Waals surface area contributed by atoms with Gasteiger partial charge in [-0.2, -0.15) is 0 Å². The average molecular weight is 233 g/mol. The Kier molecular flexibility index (Phi) is 3.98. The molecule has 0 aromatic carbocycles. The number of nitrogens with one attached hydrogen (secondary N) is 2. The molecule has 17 heavy (non-hydrogen) atoms. The van der Waals surface area contributed by atoms with E-state index in [1.54, 1.807) is 6.26 Å². The van der Waals surface area contributed by atoms with Crippen LogP contribution in [0.3, 0.4) is 0 Å². The normalized spacial score (nSPS) is 12.8. The van der Waals surface area contributed by atoms with Crippen molar-refractivity contribution >= 4 is 0 Å². The van der Waals surface area contributed by atoms with Crippen LogP contribution in [0.25, 0.3) is 0 Å². The third-order valence-electron chi connectivity index (χ3n) is 2.80. The van der Waals surface area contributed by atoms with Gasteiger partial charge in [0.1, 0.15) is 11.6 Å². The predicted octanol–water partition coefficient (Wildman–Crippen LogP) is 2.42. The first-order valence-corrected chi connectivity index (χ1v) is 6.00. The van der Waals surface area contributed by atoms with Crippen LogP contribution in [0.2, 0.25) is 0 Å². The van der Waals surface area contributed by atoms with Gasteiger partial charge >= 0.3 is 0 Å². The average Bonchev–Trinajstić information content (AvgIpc) is 2.95. The summed E-state index contributed by atoms with van der Waals surface area (Å²) in [6.07, 6.45) is 5.65. The molecule has 2 aromatic rings. The van der Waals surface area contributed by atoms with Crippen molar-refractivity contribution in [1.82, 2.24) is 15.3 Å². The Morgan fingerprint density at radius 2 is 2.41 bits per heavy atom. The first-order chi connectivity index (χ1) is 8.24. The minimum absolute atomic E-state index is 0.462. The molecule has 0 radical (unpaired) electrons. The molecule has 0 amide bonds. The third kappa shape index (κ3) is 3.75. The number of H-pyrrole nitrogens is 1. The number of aromatic amines is 1. The quantitative estimate of drug-likeness (QED) is 0.805. The van der Waals surface area contributed by atoms with Crippen LogP contribution in [0.5, 0.6) is 0 Å². The lowest BCUT2D eigenvalue weighted by molar-refractivity contribution is 0.458. The Morgan fingerprint density at radius 1 is 1.53 bits per heavy atom. The second kappa shape index (κ2) is 5.68. The van der Waals surface area contributed by atoms with E-state index < -0.39 is 0 Å². The molecule has 0 bridgehead atoms. The molecule has 0 fully saturated rings. The lowest BCUT2D eigenvalue weighted by Crippen LogP contribution is -2.26. The minimum atomic E-state index is 0.462. The monoisotopic (exact) mass is 233 g/mol. The van der Waals surface area contributed by atoms with Gasteiger partial charge in [0.25, 0.3) is 0 Å². The Balaban J connectivity index is 1.69. The van der Waals surface area contributed by atoms with Crippen LogP contribution in [0.4, 0.5) is 0 Å². The van der Waals surface area contributed by atoms with Gasteiger partial charge in [-0.05, 0) is 32.4 Å².